The predicted octanol–water partition coefficient (Wildman–Crippen LogP) is 3.03. The van der Waals surface area contributed by atoms with Gasteiger partial charge in [0.25, 0.3) is 0 Å². The number of urea groups is 1. The van der Waals surface area contributed by atoms with Crippen LogP contribution in [0.2, 0.25) is 0 Å². The lowest BCUT2D eigenvalue weighted by molar-refractivity contribution is 0.251. The van der Waals surface area contributed by atoms with Crippen LogP contribution in [0.1, 0.15) is 0 Å². The molecule has 3 rings (SSSR count). The van der Waals surface area contributed by atoms with Gasteiger partial charge >= 0.3 is 6.03 Å². The molecule has 0 fully saturated rings. The first-order valence-electron chi connectivity index (χ1n) is 6.44. The third-order valence-corrected chi connectivity index (χ3v) is 3.66. The van der Waals surface area contributed by atoms with E-state index in [1.54, 1.807) is 23.4 Å². The van der Waals surface area contributed by atoms with Crippen LogP contribution in [-0.2, 0) is 6.54 Å². The Morgan fingerprint density at radius 1 is 1.38 bits per heavy atom. The SMILES string of the molecule is O=C(NCCn1cc(-c2ccoc2)cn1)Nc1cccs1. The van der Waals surface area contributed by atoms with Crippen LogP contribution in [0, 0.1) is 0 Å². The normalized spacial score (nSPS) is 10.5. The van der Waals surface area contributed by atoms with E-state index < -0.39 is 0 Å². The van der Waals surface area contributed by atoms with Crippen molar-refractivity contribution >= 4 is 22.4 Å². The Morgan fingerprint density at radius 3 is 3.10 bits per heavy atom. The van der Waals surface area contributed by atoms with Crippen LogP contribution in [-0.4, -0.2) is 22.4 Å². The first-order valence-corrected chi connectivity index (χ1v) is 7.32. The first-order chi connectivity index (χ1) is 10.3. The third-order valence-electron chi connectivity index (χ3n) is 2.87. The zero-order valence-corrected chi connectivity index (χ0v) is 12.0. The average molecular weight is 302 g/mol. The summed E-state index contributed by atoms with van der Waals surface area (Å²) in [5.41, 5.74) is 1.98. The summed E-state index contributed by atoms with van der Waals surface area (Å²) in [6.07, 6.45) is 7.00. The van der Waals surface area contributed by atoms with Crippen LogP contribution in [0.3, 0.4) is 0 Å². The molecule has 3 aromatic heterocycles. The number of carbonyl (C=O) groups excluding carboxylic acids is 1. The molecule has 0 saturated carbocycles. The monoisotopic (exact) mass is 302 g/mol. The number of carbonyl (C=O) groups is 1. The van der Waals surface area contributed by atoms with Gasteiger partial charge in [-0.2, -0.15) is 5.10 Å². The second-order valence-electron chi connectivity index (χ2n) is 4.36. The molecule has 7 heteroatoms. The molecule has 2 N–H and O–H groups in total. The van der Waals surface area contributed by atoms with E-state index in [0.29, 0.717) is 13.1 Å². The highest BCUT2D eigenvalue weighted by Crippen LogP contribution is 2.18. The number of hydrogen-bond donors (Lipinski definition) is 2. The highest BCUT2D eigenvalue weighted by atomic mass is 32.1. The lowest BCUT2D eigenvalue weighted by Crippen LogP contribution is -2.31. The molecule has 0 bridgehead atoms. The molecule has 0 aliphatic rings. The predicted molar refractivity (Wildman–Crippen MR) is 81.3 cm³/mol. The number of furan rings is 1. The molecule has 0 spiro atoms. The highest BCUT2D eigenvalue weighted by molar-refractivity contribution is 7.14. The topological polar surface area (TPSA) is 72.1 Å². The summed E-state index contributed by atoms with van der Waals surface area (Å²) in [7, 11) is 0. The summed E-state index contributed by atoms with van der Waals surface area (Å²) in [4.78, 5) is 11.6. The van der Waals surface area contributed by atoms with E-state index in [0.717, 1.165) is 16.1 Å². The molecule has 3 heterocycles. The van der Waals surface area contributed by atoms with Crippen LogP contribution < -0.4 is 10.6 Å². The Morgan fingerprint density at radius 2 is 2.33 bits per heavy atom. The van der Waals surface area contributed by atoms with Crippen LogP contribution in [0.4, 0.5) is 9.80 Å². The minimum atomic E-state index is -0.209. The lowest BCUT2D eigenvalue weighted by atomic mass is 10.2. The van der Waals surface area contributed by atoms with Gasteiger partial charge in [-0.25, -0.2) is 4.79 Å². The third kappa shape index (κ3) is 3.51. The largest absolute Gasteiger partial charge is 0.472 e. The van der Waals surface area contributed by atoms with Crippen molar-refractivity contribution in [2.75, 3.05) is 11.9 Å². The van der Waals surface area contributed by atoms with Crippen LogP contribution in [0.5, 0.6) is 0 Å². The minimum absolute atomic E-state index is 0.209. The Hall–Kier alpha value is -2.54. The number of hydrogen-bond acceptors (Lipinski definition) is 4. The lowest BCUT2D eigenvalue weighted by Gasteiger charge is -2.05. The summed E-state index contributed by atoms with van der Waals surface area (Å²) in [5, 5.41) is 12.5. The van der Waals surface area contributed by atoms with Crippen molar-refractivity contribution in [3.05, 3.63) is 48.5 Å². The fourth-order valence-corrected chi connectivity index (χ4v) is 2.47. The molecule has 3 aromatic rings. The number of nitrogens with zero attached hydrogens (tertiary/aromatic N) is 2. The van der Waals surface area contributed by atoms with Crippen molar-refractivity contribution < 1.29 is 9.21 Å². The van der Waals surface area contributed by atoms with E-state index in [1.807, 2.05) is 29.8 Å². The van der Waals surface area contributed by atoms with Crippen molar-refractivity contribution in [3.8, 4) is 11.1 Å². The van der Waals surface area contributed by atoms with Gasteiger partial charge in [0.1, 0.15) is 0 Å². The van der Waals surface area contributed by atoms with Crippen LogP contribution >= 0.6 is 11.3 Å². The summed E-state index contributed by atoms with van der Waals surface area (Å²) >= 11 is 1.48. The molecule has 21 heavy (non-hydrogen) atoms. The first kappa shape index (κ1) is 13.4. The van der Waals surface area contributed by atoms with Gasteiger partial charge in [0, 0.05) is 23.9 Å². The molecule has 0 radical (unpaired) electrons. The number of anilines is 1. The molecule has 2 amide bonds. The Kier molecular flexibility index (Phi) is 4.02. The van der Waals surface area contributed by atoms with E-state index in [-0.39, 0.29) is 6.03 Å². The summed E-state index contributed by atoms with van der Waals surface area (Å²) in [6, 6.07) is 5.42. The second kappa shape index (κ2) is 6.27. The molecular weight excluding hydrogens is 288 g/mol. The Balaban J connectivity index is 1.46. The second-order valence-corrected chi connectivity index (χ2v) is 5.31. The van der Waals surface area contributed by atoms with Gasteiger partial charge in [0.05, 0.1) is 30.3 Å². The Labute approximate surface area is 125 Å². The van der Waals surface area contributed by atoms with Gasteiger partial charge in [-0.3, -0.25) is 10.00 Å². The van der Waals surface area contributed by atoms with Gasteiger partial charge < -0.3 is 9.73 Å². The standard InChI is InChI=1S/C14H14N4O2S/c19-14(17-13-2-1-7-21-13)15-4-5-18-9-12(8-16-18)11-3-6-20-10-11/h1-3,6-10H,4-5H2,(H2,15,17,19). The molecule has 0 aliphatic carbocycles. The molecule has 0 aliphatic heterocycles. The zero-order valence-electron chi connectivity index (χ0n) is 11.2. The van der Waals surface area contributed by atoms with Crippen LogP contribution in [0.25, 0.3) is 11.1 Å². The molecule has 6 nitrogen and oxygen atoms in total. The van der Waals surface area contributed by atoms with Gasteiger partial charge in [-0.1, -0.05) is 0 Å². The maximum atomic E-state index is 11.6. The molecule has 0 aromatic carbocycles. The maximum Gasteiger partial charge on any atom is 0.319 e. The molecule has 108 valence electrons. The van der Waals surface area contributed by atoms with Gasteiger partial charge in [-0.15, -0.1) is 11.3 Å². The maximum absolute atomic E-state index is 11.6. The van der Waals surface area contributed by atoms with Crippen molar-refractivity contribution in [1.29, 1.82) is 0 Å². The van der Waals surface area contributed by atoms with Crippen molar-refractivity contribution in [3.63, 3.8) is 0 Å². The quantitative estimate of drug-likeness (QED) is 0.761. The summed E-state index contributed by atoms with van der Waals surface area (Å²) in [5.74, 6) is 0. The number of rotatable bonds is 5. The number of aromatic nitrogens is 2. The molecule has 0 unspecified atom stereocenters. The average Bonchev–Trinajstić information content (AvgIpc) is 3.21. The van der Waals surface area contributed by atoms with E-state index in [4.69, 9.17) is 4.42 Å². The Bertz CT molecular complexity index is 688. The fraction of sp³-hybridized carbons (Fsp3) is 0.143. The molecule has 0 atom stereocenters. The van der Waals surface area contributed by atoms with E-state index in [1.165, 1.54) is 11.3 Å². The number of amides is 2. The van der Waals surface area contributed by atoms with Gasteiger partial charge in [-0.05, 0) is 23.6 Å². The van der Waals surface area contributed by atoms with Crippen molar-refractivity contribution in [2.24, 2.45) is 0 Å². The summed E-state index contributed by atoms with van der Waals surface area (Å²) < 4.78 is 6.82. The van der Waals surface area contributed by atoms with Crippen LogP contribution in [0.15, 0.2) is 52.9 Å². The smallest absolute Gasteiger partial charge is 0.319 e. The minimum Gasteiger partial charge on any atom is -0.472 e. The van der Waals surface area contributed by atoms with Crippen molar-refractivity contribution in [2.45, 2.75) is 6.54 Å². The highest BCUT2D eigenvalue weighted by Gasteiger charge is 2.04. The van der Waals surface area contributed by atoms with Gasteiger partial charge in [0.2, 0.25) is 0 Å². The van der Waals surface area contributed by atoms with E-state index >= 15 is 0 Å². The van der Waals surface area contributed by atoms with Crippen molar-refractivity contribution in [1.82, 2.24) is 15.1 Å². The number of thiophene rings is 1. The molecular formula is C14H14N4O2S. The molecule has 0 saturated heterocycles. The summed E-state index contributed by atoms with van der Waals surface area (Å²) in [6.45, 7) is 1.11. The number of nitrogens with one attached hydrogen (secondary N) is 2. The van der Waals surface area contributed by atoms with E-state index in [9.17, 15) is 4.79 Å². The van der Waals surface area contributed by atoms with Gasteiger partial charge in [0.15, 0.2) is 0 Å². The fourth-order valence-electron chi connectivity index (χ4n) is 1.85. The van der Waals surface area contributed by atoms with E-state index in [2.05, 4.69) is 15.7 Å². The zero-order chi connectivity index (χ0) is 14.5.